The first kappa shape index (κ1) is 18.1. The SMILES string of the molecule is CCC(C)C(N)C(=O)N1CCC(C(F)(F)F)(C(F)(F)F)C1. The van der Waals surface area contributed by atoms with Crippen molar-refractivity contribution < 1.29 is 31.1 Å². The minimum Gasteiger partial charge on any atom is -0.340 e. The molecule has 0 radical (unpaired) electrons. The lowest BCUT2D eigenvalue weighted by Crippen LogP contribution is -2.53. The molecule has 2 atom stereocenters. The van der Waals surface area contributed by atoms with Crippen molar-refractivity contribution >= 4 is 5.91 Å². The molecule has 0 spiro atoms. The molecule has 21 heavy (non-hydrogen) atoms. The first-order valence-electron chi connectivity index (χ1n) is 6.55. The van der Waals surface area contributed by atoms with E-state index in [4.69, 9.17) is 5.73 Å². The van der Waals surface area contributed by atoms with Crippen molar-refractivity contribution in [2.45, 2.75) is 45.1 Å². The molecule has 0 bridgehead atoms. The van der Waals surface area contributed by atoms with E-state index in [9.17, 15) is 31.1 Å². The highest BCUT2D eigenvalue weighted by Crippen LogP contribution is 2.55. The molecule has 1 saturated heterocycles. The molecule has 1 rings (SSSR count). The van der Waals surface area contributed by atoms with E-state index in [-0.39, 0.29) is 5.92 Å². The lowest BCUT2D eigenvalue weighted by atomic mass is 9.85. The van der Waals surface area contributed by atoms with Crippen LogP contribution in [0.25, 0.3) is 0 Å². The van der Waals surface area contributed by atoms with Gasteiger partial charge in [-0.15, -0.1) is 0 Å². The number of hydrogen-bond acceptors (Lipinski definition) is 2. The van der Waals surface area contributed by atoms with Crippen LogP contribution in [0.1, 0.15) is 26.7 Å². The summed E-state index contributed by atoms with van der Waals surface area (Å²) in [6.45, 7) is 1.35. The van der Waals surface area contributed by atoms with Gasteiger partial charge in [-0.3, -0.25) is 4.79 Å². The zero-order valence-corrected chi connectivity index (χ0v) is 11.7. The largest absolute Gasteiger partial charge is 0.404 e. The number of rotatable bonds is 3. The van der Waals surface area contributed by atoms with E-state index in [1.807, 2.05) is 0 Å². The topological polar surface area (TPSA) is 46.3 Å². The molecule has 1 aliphatic rings. The summed E-state index contributed by atoms with van der Waals surface area (Å²) in [6, 6.07) is -1.09. The van der Waals surface area contributed by atoms with Crippen LogP contribution in [-0.4, -0.2) is 42.3 Å². The van der Waals surface area contributed by atoms with Gasteiger partial charge >= 0.3 is 12.4 Å². The molecule has 124 valence electrons. The van der Waals surface area contributed by atoms with Crippen molar-refractivity contribution in [1.29, 1.82) is 0 Å². The van der Waals surface area contributed by atoms with Crippen molar-refractivity contribution in [1.82, 2.24) is 4.90 Å². The molecule has 1 aliphatic heterocycles. The van der Waals surface area contributed by atoms with Crippen molar-refractivity contribution in [2.75, 3.05) is 13.1 Å². The number of halogens is 6. The van der Waals surface area contributed by atoms with Crippen LogP contribution in [0.5, 0.6) is 0 Å². The second-order valence-corrected chi connectivity index (χ2v) is 5.50. The molecule has 2 unspecified atom stereocenters. The third-order valence-electron chi connectivity index (χ3n) is 4.21. The van der Waals surface area contributed by atoms with Crippen LogP contribution >= 0.6 is 0 Å². The molecule has 0 aromatic heterocycles. The molecular weight excluding hydrogens is 302 g/mol. The van der Waals surface area contributed by atoms with E-state index >= 15 is 0 Å². The van der Waals surface area contributed by atoms with Crippen LogP contribution in [0, 0.1) is 11.3 Å². The number of likely N-dealkylation sites (tertiary alicyclic amines) is 1. The molecule has 2 N–H and O–H groups in total. The molecule has 0 aromatic rings. The van der Waals surface area contributed by atoms with Gasteiger partial charge in [0.05, 0.1) is 6.04 Å². The monoisotopic (exact) mass is 320 g/mol. The van der Waals surface area contributed by atoms with Gasteiger partial charge in [-0.25, -0.2) is 0 Å². The molecule has 1 amide bonds. The highest BCUT2D eigenvalue weighted by Gasteiger charge is 2.73. The van der Waals surface area contributed by atoms with Gasteiger partial charge in [-0.1, -0.05) is 20.3 Å². The first-order valence-corrected chi connectivity index (χ1v) is 6.55. The molecule has 0 saturated carbocycles. The summed E-state index contributed by atoms with van der Waals surface area (Å²) in [4.78, 5) is 12.5. The van der Waals surface area contributed by atoms with Gasteiger partial charge in [0.15, 0.2) is 5.41 Å². The normalized spacial score (nSPS) is 22.2. The lowest BCUT2D eigenvalue weighted by molar-refractivity contribution is -0.334. The van der Waals surface area contributed by atoms with Crippen molar-refractivity contribution in [3.05, 3.63) is 0 Å². The van der Waals surface area contributed by atoms with E-state index in [1.165, 1.54) is 0 Å². The average molecular weight is 320 g/mol. The Hall–Kier alpha value is -0.990. The van der Waals surface area contributed by atoms with Gasteiger partial charge in [0, 0.05) is 13.1 Å². The Morgan fingerprint density at radius 1 is 1.24 bits per heavy atom. The van der Waals surface area contributed by atoms with Crippen molar-refractivity contribution in [3.8, 4) is 0 Å². The Kier molecular flexibility index (Phi) is 4.87. The van der Waals surface area contributed by atoms with Crippen LogP contribution < -0.4 is 5.73 Å². The Balaban J connectivity index is 2.98. The van der Waals surface area contributed by atoms with Gasteiger partial charge in [0.1, 0.15) is 0 Å². The number of carbonyl (C=O) groups is 1. The summed E-state index contributed by atoms with van der Waals surface area (Å²) >= 11 is 0. The van der Waals surface area contributed by atoms with Crippen molar-refractivity contribution in [3.63, 3.8) is 0 Å². The fraction of sp³-hybridized carbons (Fsp3) is 0.917. The van der Waals surface area contributed by atoms with Gasteiger partial charge < -0.3 is 10.6 Å². The second-order valence-electron chi connectivity index (χ2n) is 5.50. The van der Waals surface area contributed by atoms with Gasteiger partial charge in [0.2, 0.25) is 5.91 Å². The minimum atomic E-state index is -5.46. The molecular formula is C12H18F6N2O. The molecule has 1 fully saturated rings. The van der Waals surface area contributed by atoms with Crippen LogP contribution in [-0.2, 0) is 4.79 Å². The zero-order chi connectivity index (χ0) is 16.6. The summed E-state index contributed by atoms with van der Waals surface area (Å²) in [7, 11) is 0. The Morgan fingerprint density at radius 3 is 2.05 bits per heavy atom. The van der Waals surface area contributed by atoms with E-state index in [2.05, 4.69) is 0 Å². The summed E-state index contributed by atoms with van der Waals surface area (Å²) in [5, 5.41) is 0. The predicted molar refractivity (Wildman–Crippen MR) is 63.2 cm³/mol. The molecule has 9 heteroatoms. The maximum atomic E-state index is 12.9. The van der Waals surface area contributed by atoms with Gasteiger partial charge in [-0.05, 0) is 12.3 Å². The zero-order valence-electron chi connectivity index (χ0n) is 11.7. The van der Waals surface area contributed by atoms with Crippen LogP contribution in [0.3, 0.4) is 0 Å². The lowest BCUT2D eigenvalue weighted by Gasteiger charge is -2.34. The van der Waals surface area contributed by atoms with Crippen LogP contribution in [0.15, 0.2) is 0 Å². The number of nitrogens with two attached hydrogens (primary N) is 1. The average Bonchev–Trinajstić information content (AvgIpc) is 2.81. The Labute approximate surface area is 118 Å². The Morgan fingerprint density at radius 2 is 1.71 bits per heavy atom. The second kappa shape index (κ2) is 5.66. The maximum absolute atomic E-state index is 12.9. The summed E-state index contributed by atoms with van der Waals surface area (Å²) in [6.07, 6.45) is -11.6. The number of nitrogens with zero attached hydrogens (tertiary/aromatic N) is 1. The number of alkyl halides is 6. The summed E-state index contributed by atoms with van der Waals surface area (Å²) in [5.74, 6) is -1.18. The summed E-state index contributed by atoms with van der Waals surface area (Å²) < 4.78 is 77.3. The Bertz CT molecular complexity index is 378. The van der Waals surface area contributed by atoms with E-state index in [0.717, 1.165) is 0 Å². The fourth-order valence-electron chi connectivity index (χ4n) is 2.33. The quantitative estimate of drug-likeness (QED) is 0.813. The highest BCUT2D eigenvalue weighted by atomic mass is 19.4. The minimum absolute atomic E-state index is 0.315. The number of carbonyl (C=O) groups excluding carboxylic acids is 1. The van der Waals surface area contributed by atoms with Gasteiger partial charge in [0.25, 0.3) is 0 Å². The van der Waals surface area contributed by atoms with Crippen molar-refractivity contribution in [2.24, 2.45) is 17.1 Å². The standard InChI is InChI=1S/C12H18F6N2O/c1-3-7(2)8(19)9(21)20-5-4-10(6-20,11(13,14)15)12(16,17)18/h7-8H,3-6,19H2,1-2H3. The molecule has 3 nitrogen and oxygen atoms in total. The smallest absolute Gasteiger partial charge is 0.340 e. The molecule has 0 aromatic carbocycles. The first-order chi connectivity index (χ1) is 9.37. The predicted octanol–water partition coefficient (Wildman–Crippen LogP) is 2.70. The number of hydrogen-bond donors (Lipinski definition) is 1. The van der Waals surface area contributed by atoms with Crippen LogP contribution in [0.4, 0.5) is 26.3 Å². The fourth-order valence-corrected chi connectivity index (χ4v) is 2.33. The van der Waals surface area contributed by atoms with Crippen LogP contribution in [0.2, 0.25) is 0 Å². The third kappa shape index (κ3) is 3.12. The highest BCUT2D eigenvalue weighted by molar-refractivity contribution is 5.82. The summed E-state index contributed by atoms with van der Waals surface area (Å²) in [5.41, 5.74) is 1.75. The van der Waals surface area contributed by atoms with E-state index in [0.29, 0.717) is 11.3 Å². The number of amides is 1. The molecule has 1 heterocycles. The molecule has 0 aliphatic carbocycles. The van der Waals surface area contributed by atoms with E-state index in [1.54, 1.807) is 13.8 Å². The third-order valence-corrected chi connectivity index (χ3v) is 4.21. The maximum Gasteiger partial charge on any atom is 0.404 e. The van der Waals surface area contributed by atoms with E-state index < -0.39 is 49.2 Å². The van der Waals surface area contributed by atoms with Gasteiger partial charge in [-0.2, -0.15) is 26.3 Å².